The lowest BCUT2D eigenvalue weighted by molar-refractivity contribution is -0.0470. The smallest absolute Gasteiger partial charge is 0.0926 e. The summed E-state index contributed by atoms with van der Waals surface area (Å²) in [4.78, 5) is 4.85. The Morgan fingerprint density at radius 1 is 0.944 bits per heavy atom. The van der Waals surface area contributed by atoms with Crippen molar-refractivity contribution >= 4 is 0 Å². The summed E-state index contributed by atoms with van der Waals surface area (Å²) >= 11 is 0. The Bertz CT molecular complexity index is 265. The van der Waals surface area contributed by atoms with E-state index in [1.54, 1.807) is 0 Å². The van der Waals surface area contributed by atoms with Gasteiger partial charge in [-0.3, -0.25) is 4.90 Å². The van der Waals surface area contributed by atoms with Gasteiger partial charge in [-0.2, -0.15) is 0 Å². The van der Waals surface area contributed by atoms with Gasteiger partial charge in [-0.15, -0.1) is 0 Å². The van der Waals surface area contributed by atoms with E-state index in [9.17, 15) is 10.2 Å². The predicted molar refractivity (Wildman–Crippen MR) is 72.5 cm³/mol. The molecule has 2 fully saturated rings. The number of hydrogen-bond donors (Lipinski definition) is 2. The number of β-amino-alcohol motifs (C(OH)–C–C–N with tert-alkyl or cyclic N) is 1. The average molecular weight is 256 g/mol. The summed E-state index contributed by atoms with van der Waals surface area (Å²) in [7, 11) is 0. The molecule has 0 unspecified atom stereocenters. The van der Waals surface area contributed by atoms with Gasteiger partial charge in [0.1, 0.15) is 0 Å². The minimum Gasteiger partial charge on any atom is -0.390 e. The molecule has 4 nitrogen and oxygen atoms in total. The molecule has 2 N–H and O–H groups in total. The first kappa shape index (κ1) is 14.3. The van der Waals surface area contributed by atoms with E-state index in [0.717, 1.165) is 19.6 Å². The Labute approximate surface area is 111 Å². The zero-order valence-corrected chi connectivity index (χ0v) is 11.8. The van der Waals surface area contributed by atoms with Crippen molar-refractivity contribution in [2.45, 2.75) is 45.3 Å². The number of likely N-dealkylation sites (tertiary alicyclic amines) is 2. The normalized spacial score (nSPS) is 32.0. The fourth-order valence-electron chi connectivity index (χ4n) is 3.33. The zero-order valence-electron chi connectivity index (χ0n) is 11.8. The third kappa shape index (κ3) is 3.92. The molecule has 0 spiro atoms. The van der Waals surface area contributed by atoms with Crippen LogP contribution in [0.3, 0.4) is 0 Å². The van der Waals surface area contributed by atoms with Crippen LogP contribution in [-0.4, -0.2) is 71.5 Å². The van der Waals surface area contributed by atoms with E-state index in [1.165, 1.54) is 25.9 Å². The van der Waals surface area contributed by atoms with Gasteiger partial charge in [0.2, 0.25) is 0 Å². The summed E-state index contributed by atoms with van der Waals surface area (Å²) in [6.45, 7) is 10.8. The summed E-state index contributed by atoms with van der Waals surface area (Å²) < 4.78 is 0. The van der Waals surface area contributed by atoms with E-state index >= 15 is 0 Å². The van der Waals surface area contributed by atoms with Gasteiger partial charge in [-0.25, -0.2) is 0 Å². The SMILES string of the molecule is CC(C)(CN1CCCC1)CN1CC[C@H](O)[C@@H](O)C1. The Kier molecular flexibility index (Phi) is 4.64. The van der Waals surface area contributed by atoms with Crippen molar-refractivity contribution in [1.29, 1.82) is 0 Å². The Morgan fingerprint density at radius 3 is 2.17 bits per heavy atom. The summed E-state index contributed by atoms with van der Waals surface area (Å²) in [5.41, 5.74) is 0.256. The van der Waals surface area contributed by atoms with Crippen LogP contribution in [0.4, 0.5) is 0 Å². The molecular formula is C14H28N2O2. The molecular weight excluding hydrogens is 228 g/mol. The van der Waals surface area contributed by atoms with Gasteiger partial charge in [-0.05, 0) is 37.8 Å². The molecule has 0 aromatic heterocycles. The van der Waals surface area contributed by atoms with Gasteiger partial charge < -0.3 is 15.1 Å². The second-order valence-electron chi connectivity index (χ2n) is 6.81. The van der Waals surface area contributed by atoms with E-state index in [0.29, 0.717) is 13.0 Å². The number of piperidine rings is 1. The van der Waals surface area contributed by atoms with Crippen LogP contribution in [0, 0.1) is 5.41 Å². The van der Waals surface area contributed by atoms with Crippen molar-refractivity contribution in [3.63, 3.8) is 0 Å². The molecule has 2 saturated heterocycles. The number of aliphatic hydroxyl groups excluding tert-OH is 2. The summed E-state index contributed by atoms with van der Waals surface area (Å²) in [6, 6.07) is 0. The van der Waals surface area contributed by atoms with Crippen molar-refractivity contribution in [1.82, 2.24) is 9.80 Å². The molecule has 2 aliphatic heterocycles. The molecule has 2 heterocycles. The fourth-order valence-corrected chi connectivity index (χ4v) is 3.33. The first-order valence-corrected chi connectivity index (χ1v) is 7.27. The third-order valence-corrected chi connectivity index (χ3v) is 4.13. The molecule has 2 aliphatic rings. The van der Waals surface area contributed by atoms with Gasteiger partial charge in [0, 0.05) is 26.2 Å². The van der Waals surface area contributed by atoms with Crippen LogP contribution >= 0.6 is 0 Å². The highest BCUT2D eigenvalue weighted by atomic mass is 16.3. The molecule has 0 radical (unpaired) electrons. The molecule has 0 aromatic carbocycles. The number of aliphatic hydroxyl groups is 2. The number of hydrogen-bond acceptors (Lipinski definition) is 4. The molecule has 18 heavy (non-hydrogen) atoms. The second kappa shape index (κ2) is 5.87. The van der Waals surface area contributed by atoms with Crippen LogP contribution in [0.25, 0.3) is 0 Å². The standard InChI is InChI=1S/C14H28N2O2/c1-14(2,10-15-6-3-4-7-15)11-16-8-5-12(17)13(18)9-16/h12-13,17-18H,3-11H2,1-2H3/t12-,13-/m0/s1. The highest BCUT2D eigenvalue weighted by Gasteiger charge is 2.31. The van der Waals surface area contributed by atoms with Crippen LogP contribution in [-0.2, 0) is 0 Å². The van der Waals surface area contributed by atoms with Gasteiger partial charge >= 0.3 is 0 Å². The molecule has 0 amide bonds. The van der Waals surface area contributed by atoms with Gasteiger partial charge in [0.15, 0.2) is 0 Å². The maximum atomic E-state index is 9.73. The molecule has 0 aliphatic carbocycles. The summed E-state index contributed by atoms with van der Waals surface area (Å²) in [6.07, 6.45) is 2.28. The lowest BCUT2D eigenvalue weighted by atomic mass is 9.90. The van der Waals surface area contributed by atoms with Crippen molar-refractivity contribution in [3.05, 3.63) is 0 Å². The molecule has 2 rings (SSSR count). The van der Waals surface area contributed by atoms with Crippen molar-refractivity contribution < 1.29 is 10.2 Å². The fraction of sp³-hybridized carbons (Fsp3) is 1.00. The third-order valence-electron chi connectivity index (χ3n) is 4.13. The Balaban J connectivity index is 1.79. The second-order valence-corrected chi connectivity index (χ2v) is 6.81. The molecule has 0 bridgehead atoms. The van der Waals surface area contributed by atoms with Crippen LogP contribution < -0.4 is 0 Å². The van der Waals surface area contributed by atoms with Crippen LogP contribution in [0.15, 0.2) is 0 Å². The van der Waals surface area contributed by atoms with E-state index < -0.39 is 12.2 Å². The summed E-state index contributed by atoms with van der Waals surface area (Å²) in [5, 5.41) is 19.3. The first-order chi connectivity index (χ1) is 8.46. The summed E-state index contributed by atoms with van der Waals surface area (Å²) in [5.74, 6) is 0. The van der Waals surface area contributed by atoms with Crippen molar-refractivity contribution in [2.24, 2.45) is 5.41 Å². The average Bonchev–Trinajstić information content (AvgIpc) is 2.75. The zero-order chi connectivity index (χ0) is 13.2. The highest BCUT2D eigenvalue weighted by Crippen LogP contribution is 2.23. The van der Waals surface area contributed by atoms with Gasteiger partial charge in [-0.1, -0.05) is 13.8 Å². The van der Waals surface area contributed by atoms with E-state index in [2.05, 4.69) is 23.6 Å². The van der Waals surface area contributed by atoms with E-state index in [-0.39, 0.29) is 5.41 Å². The monoisotopic (exact) mass is 256 g/mol. The maximum absolute atomic E-state index is 9.73. The van der Waals surface area contributed by atoms with E-state index in [1.807, 2.05) is 0 Å². The molecule has 4 heteroatoms. The van der Waals surface area contributed by atoms with Crippen molar-refractivity contribution in [3.8, 4) is 0 Å². The van der Waals surface area contributed by atoms with E-state index in [4.69, 9.17) is 0 Å². The predicted octanol–water partition coefficient (Wildman–Crippen LogP) is 0.536. The Hall–Kier alpha value is -0.160. The topological polar surface area (TPSA) is 46.9 Å². The lowest BCUT2D eigenvalue weighted by Crippen LogP contribution is -2.50. The van der Waals surface area contributed by atoms with Gasteiger partial charge in [0.25, 0.3) is 0 Å². The van der Waals surface area contributed by atoms with Crippen molar-refractivity contribution in [2.75, 3.05) is 39.3 Å². The minimum absolute atomic E-state index is 0.256. The van der Waals surface area contributed by atoms with Crippen LogP contribution in [0.1, 0.15) is 33.1 Å². The number of nitrogens with zero attached hydrogens (tertiary/aromatic N) is 2. The number of rotatable bonds is 4. The molecule has 0 aromatic rings. The minimum atomic E-state index is -0.568. The molecule has 2 atom stereocenters. The van der Waals surface area contributed by atoms with Crippen LogP contribution in [0.5, 0.6) is 0 Å². The lowest BCUT2D eigenvalue weighted by Gasteiger charge is -2.39. The van der Waals surface area contributed by atoms with Gasteiger partial charge in [0.05, 0.1) is 12.2 Å². The highest BCUT2D eigenvalue weighted by molar-refractivity contribution is 4.85. The first-order valence-electron chi connectivity index (χ1n) is 7.27. The maximum Gasteiger partial charge on any atom is 0.0926 e. The molecule has 106 valence electrons. The largest absolute Gasteiger partial charge is 0.390 e. The molecule has 0 saturated carbocycles. The quantitative estimate of drug-likeness (QED) is 0.770. The Morgan fingerprint density at radius 2 is 1.56 bits per heavy atom. The van der Waals surface area contributed by atoms with Crippen LogP contribution in [0.2, 0.25) is 0 Å².